The minimum atomic E-state index is -0.420. The number of piperazine rings is 1. The number of H-pyrrole nitrogens is 1. The van der Waals surface area contributed by atoms with Crippen LogP contribution in [0.25, 0.3) is 17.1 Å². The maximum Gasteiger partial charge on any atom is 0.348 e. The summed E-state index contributed by atoms with van der Waals surface area (Å²) in [5, 5.41) is 34.0. The summed E-state index contributed by atoms with van der Waals surface area (Å²) in [4.78, 5) is 35.8. The van der Waals surface area contributed by atoms with Crippen molar-refractivity contribution < 1.29 is 29.6 Å². The van der Waals surface area contributed by atoms with Crippen LogP contribution in [0.4, 0.5) is 0 Å². The molecule has 1 saturated heterocycles. The van der Waals surface area contributed by atoms with Crippen LogP contribution in [0.15, 0.2) is 65.5 Å². The lowest BCUT2D eigenvalue weighted by atomic mass is 9.98. The maximum atomic E-state index is 12.5. The van der Waals surface area contributed by atoms with Gasteiger partial charge in [-0.05, 0) is 54.3 Å². The zero-order chi connectivity index (χ0) is 32.2. The molecular formula is C32H39N5O7. The van der Waals surface area contributed by atoms with Crippen LogP contribution >= 0.6 is 0 Å². The van der Waals surface area contributed by atoms with Gasteiger partial charge >= 0.3 is 5.69 Å². The van der Waals surface area contributed by atoms with Gasteiger partial charge in [0.05, 0.1) is 18.4 Å². The van der Waals surface area contributed by atoms with Gasteiger partial charge in [-0.15, -0.1) is 0 Å². The zero-order valence-electron chi connectivity index (χ0n) is 25.3. The highest BCUT2D eigenvalue weighted by molar-refractivity contribution is 5.69. The Morgan fingerprint density at radius 2 is 1.57 bits per heavy atom. The molecule has 0 radical (unpaired) electrons. The topological polar surface area (TPSA) is 161 Å². The maximum absolute atomic E-state index is 12.5. The molecule has 3 aromatic carbocycles. The molecule has 12 nitrogen and oxygen atoms in total. The van der Waals surface area contributed by atoms with E-state index in [0.717, 1.165) is 50.4 Å². The summed E-state index contributed by atoms with van der Waals surface area (Å²) in [6.45, 7) is 9.54. The fraction of sp³-hybridized carbons (Fsp3) is 0.312. The molecule has 0 bridgehead atoms. The number of rotatable bonds is 7. The summed E-state index contributed by atoms with van der Waals surface area (Å²) in [7, 11) is 1.67. The van der Waals surface area contributed by atoms with Gasteiger partial charge in [0.1, 0.15) is 17.2 Å². The molecule has 1 fully saturated rings. The first kappa shape index (κ1) is 33.4. The normalized spacial score (nSPS) is 12.9. The highest BCUT2D eigenvalue weighted by Crippen LogP contribution is 2.37. The van der Waals surface area contributed by atoms with Gasteiger partial charge in [-0.25, -0.2) is 14.5 Å². The van der Waals surface area contributed by atoms with Crippen LogP contribution in [-0.2, 0) is 16.1 Å². The third-order valence-electron chi connectivity index (χ3n) is 7.09. The third kappa shape index (κ3) is 8.71. The van der Waals surface area contributed by atoms with Crippen molar-refractivity contribution in [2.45, 2.75) is 33.2 Å². The van der Waals surface area contributed by atoms with Crippen molar-refractivity contribution in [2.24, 2.45) is 0 Å². The Hall–Kier alpha value is -5.10. The second kappa shape index (κ2) is 15.9. The highest BCUT2D eigenvalue weighted by atomic mass is 16.5. The Bertz CT molecular complexity index is 1560. The Morgan fingerprint density at radius 3 is 2.11 bits per heavy atom. The standard InChI is InChI=1S/C23H27N5O4.C8H10O.CH2O2/c1-15(2)18-11-19(21(31)12-20(18)30)22-24-25-23(32)28(22)17-5-3-16(4-6-17)13-26-7-9-27(14-29)10-8-26;1-7-3-5-8(9-2)6-4-7;2-1-3/h3-6,11-12,14-15,30-31H,7-10,13H2,1-2H3,(H,25,32);3-6H,1-2H3;1H,(H,2,3). The molecule has 0 atom stereocenters. The first-order valence-electron chi connectivity index (χ1n) is 14.0. The Morgan fingerprint density at radius 1 is 0.955 bits per heavy atom. The molecule has 5 rings (SSSR count). The van der Waals surface area contributed by atoms with Gasteiger partial charge in [-0.3, -0.25) is 14.5 Å². The van der Waals surface area contributed by atoms with Crippen molar-refractivity contribution in [3.8, 4) is 34.3 Å². The number of phenolic OH excluding ortho intramolecular Hbond substituents is 2. The van der Waals surface area contributed by atoms with Crippen LogP contribution in [0.2, 0.25) is 0 Å². The van der Waals surface area contributed by atoms with Crippen molar-refractivity contribution in [3.63, 3.8) is 0 Å². The molecule has 4 aromatic rings. The van der Waals surface area contributed by atoms with Crippen molar-refractivity contribution in [2.75, 3.05) is 33.3 Å². The van der Waals surface area contributed by atoms with Crippen LogP contribution < -0.4 is 10.4 Å². The molecule has 234 valence electrons. The number of methoxy groups -OCH3 is 1. The Balaban J connectivity index is 0.000000371. The number of amides is 1. The number of hydrogen-bond acceptors (Lipinski definition) is 8. The molecule has 0 aliphatic carbocycles. The van der Waals surface area contributed by atoms with Gasteiger partial charge in [0.2, 0.25) is 6.41 Å². The largest absolute Gasteiger partial charge is 0.508 e. The molecule has 1 aliphatic rings. The van der Waals surface area contributed by atoms with Crippen molar-refractivity contribution in [1.29, 1.82) is 0 Å². The molecule has 44 heavy (non-hydrogen) atoms. The highest BCUT2D eigenvalue weighted by Gasteiger charge is 2.20. The number of nitrogens with zero attached hydrogens (tertiary/aromatic N) is 4. The van der Waals surface area contributed by atoms with Crippen molar-refractivity contribution >= 4 is 12.9 Å². The predicted octanol–water partition coefficient (Wildman–Crippen LogP) is 3.74. The number of phenols is 2. The third-order valence-corrected chi connectivity index (χ3v) is 7.09. The summed E-state index contributed by atoms with van der Waals surface area (Å²) in [6.07, 6.45) is 0.891. The average molecular weight is 606 g/mol. The van der Waals surface area contributed by atoms with Crippen LogP contribution in [0.5, 0.6) is 17.2 Å². The number of aromatic amines is 1. The molecule has 2 heterocycles. The quantitative estimate of drug-likeness (QED) is 0.230. The van der Waals surface area contributed by atoms with Crippen LogP contribution in [-0.4, -0.2) is 86.1 Å². The van der Waals surface area contributed by atoms with Gasteiger partial charge in [0, 0.05) is 38.8 Å². The number of benzene rings is 3. The fourth-order valence-electron chi connectivity index (χ4n) is 4.66. The van der Waals surface area contributed by atoms with Gasteiger partial charge in [-0.2, -0.15) is 5.10 Å². The number of aromatic nitrogens is 3. The number of aryl methyl sites for hydroxylation is 1. The second-order valence-electron chi connectivity index (χ2n) is 10.5. The fourth-order valence-corrected chi connectivity index (χ4v) is 4.66. The van der Waals surface area contributed by atoms with E-state index in [-0.39, 0.29) is 29.7 Å². The summed E-state index contributed by atoms with van der Waals surface area (Å²) in [5.74, 6) is 1.07. The summed E-state index contributed by atoms with van der Waals surface area (Å²) in [6, 6.07) is 18.5. The molecule has 1 aromatic heterocycles. The first-order chi connectivity index (χ1) is 21.1. The number of hydrogen-bond donors (Lipinski definition) is 4. The summed E-state index contributed by atoms with van der Waals surface area (Å²) >= 11 is 0. The van der Waals surface area contributed by atoms with E-state index in [1.54, 1.807) is 18.1 Å². The Labute approximate surface area is 255 Å². The summed E-state index contributed by atoms with van der Waals surface area (Å²) in [5.41, 5.74) is 3.58. The zero-order valence-corrected chi connectivity index (χ0v) is 25.3. The SMILES string of the molecule is CC(C)c1cc(-c2n[nH]c(=O)n2-c2ccc(CN3CCN(C=O)CC3)cc2)c(O)cc1O.COc1ccc(C)cc1.O=CO. The summed E-state index contributed by atoms with van der Waals surface area (Å²) < 4.78 is 6.37. The van der Waals surface area contributed by atoms with E-state index >= 15 is 0 Å². The number of carboxylic acid groups (broad SMARTS) is 1. The number of carbonyl (C=O) groups excluding carboxylic acids is 1. The average Bonchev–Trinajstić information content (AvgIpc) is 3.39. The van der Waals surface area contributed by atoms with Crippen molar-refractivity contribution in [3.05, 3.63) is 87.8 Å². The smallest absolute Gasteiger partial charge is 0.348 e. The van der Waals surface area contributed by atoms with E-state index in [1.807, 2.05) is 62.4 Å². The minimum Gasteiger partial charge on any atom is -0.508 e. The lowest BCUT2D eigenvalue weighted by Gasteiger charge is -2.32. The second-order valence-corrected chi connectivity index (χ2v) is 10.5. The van der Waals surface area contributed by atoms with Gasteiger partial charge in [0.15, 0.2) is 5.82 Å². The monoisotopic (exact) mass is 605 g/mol. The number of aromatic hydroxyl groups is 2. The van der Waals surface area contributed by atoms with Gasteiger partial charge < -0.3 is 25.0 Å². The van der Waals surface area contributed by atoms with E-state index in [2.05, 4.69) is 22.0 Å². The van der Waals surface area contributed by atoms with E-state index < -0.39 is 5.69 Å². The molecule has 4 N–H and O–H groups in total. The predicted molar refractivity (Wildman–Crippen MR) is 166 cm³/mol. The van der Waals surface area contributed by atoms with Crippen LogP contribution in [0.3, 0.4) is 0 Å². The first-order valence-corrected chi connectivity index (χ1v) is 14.0. The molecule has 1 amide bonds. The van der Waals surface area contributed by atoms with E-state index in [4.69, 9.17) is 14.6 Å². The molecule has 0 unspecified atom stereocenters. The minimum absolute atomic E-state index is 0.00371. The molecule has 12 heteroatoms. The number of carbonyl (C=O) groups is 2. The lowest BCUT2D eigenvalue weighted by Crippen LogP contribution is -2.45. The number of nitrogens with one attached hydrogen (secondary N) is 1. The van der Waals surface area contributed by atoms with Crippen molar-refractivity contribution in [1.82, 2.24) is 24.6 Å². The van der Waals surface area contributed by atoms with E-state index in [0.29, 0.717) is 16.8 Å². The molecule has 0 saturated carbocycles. The van der Waals surface area contributed by atoms with Crippen LogP contribution in [0, 0.1) is 6.92 Å². The van der Waals surface area contributed by atoms with E-state index in [9.17, 15) is 19.8 Å². The molecule has 0 spiro atoms. The van der Waals surface area contributed by atoms with Gasteiger partial charge in [-0.1, -0.05) is 43.7 Å². The molecule has 1 aliphatic heterocycles. The Kier molecular flexibility index (Phi) is 12.1. The van der Waals surface area contributed by atoms with Crippen LogP contribution in [0.1, 0.15) is 36.5 Å². The molecular weight excluding hydrogens is 566 g/mol. The van der Waals surface area contributed by atoms with Gasteiger partial charge in [0.25, 0.3) is 6.47 Å². The van der Waals surface area contributed by atoms with E-state index in [1.165, 1.54) is 16.2 Å². The lowest BCUT2D eigenvalue weighted by molar-refractivity contribution is -0.123. The number of ether oxygens (including phenoxy) is 1.